The van der Waals surface area contributed by atoms with E-state index in [0.717, 1.165) is 5.56 Å². The second-order valence-corrected chi connectivity index (χ2v) is 9.17. The van der Waals surface area contributed by atoms with Crippen molar-refractivity contribution in [3.63, 3.8) is 0 Å². The van der Waals surface area contributed by atoms with Crippen molar-refractivity contribution in [1.82, 2.24) is 16.1 Å². The summed E-state index contributed by atoms with van der Waals surface area (Å²) in [6.07, 6.45) is 0.302. The van der Waals surface area contributed by atoms with Gasteiger partial charge in [0.25, 0.3) is 5.91 Å². The summed E-state index contributed by atoms with van der Waals surface area (Å²) in [5.41, 5.74) is 4.30. The van der Waals surface area contributed by atoms with Crippen molar-refractivity contribution in [2.45, 2.75) is 31.5 Å². The minimum atomic E-state index is -1.40. The second-order valence-electron chi connectivity index (χ2n) is 9.17. The molecule has 0 aliphatic carbocycles. The van der Waals surface area contributed by atoms with Gasteiger partial charge in [0.05, 0.1) is 25.8 Å². The Hall–Kier alpha value is -5.43. The van der Waals surface area contributed by atoms with Crippen LogP contribution in [0, 0.1) is 0 Å². The van der Waals surface area contributed by atoms with Crippen molar-refractivity contribution in [1.29, 1.82) is 0 Å². The van der Waals surface area contributed by atoms with E-state index >= 15 is 0 Å². The predicted octanol–water partition coefficient (Wildman–Crippen LogP) is 1.71. The topological polar surface area (TPSA) is 196 Å². The Kier molecular flexibility index (Phi) is 12.5. The van der Waals surface area contributed by atoms with Crippen LogP contribution in [0.3, 0.4) is 0 Å². The molecule has 6 N–H and O–H groups in total. The van der Waals surface area contributed by atoms with Gasteiger partial charge >= 0.3 is 12.1 Å². The van der Waals surface area contributed by atoms with Crippen LogP contribution in [-0.4, -0.2) is 70.7 Å². The smallest absolute Gasteiger partial charge is 0.408 e. The fraction of sp³-hybridized carbons (Fsp3) is 0.233. The number of amides is 3. The maximum absolute atomic E-state index is 13.0. The number of rotatable bonds is 15. The third kappa shape index (κ3) is 11.5. The van der Waals surface area contributed by atoms with E-state index in [0.29, 0.717) is 16.9 Å². The number of carbonyl (C=O) groups is 4. The normalized spacial score (nSPS) is 12.1. The van der Waals surface area contributed by atoms with Gasteiger partial charge in [-0.1, -0.05) is 42.5 Å². The molecule has 0 aliphatic heterocycles. The summed E-state index contributed by atoms with van der Waals surface area (Å²) in [7, 11) is 0. The minimum absolute atomic E-state index is 0.00630. The lowest BCUT2D eigenvalue weighted by Crippen LogP contribution is -2.55. The quantitative estimate of drug-likeness (QED) is 0.112. The summed E-state index contributed by atoms with van der Waals surface area (Å²) in [6, 6.07) is 18.9. The van der Waals surface area contributed by atoms with E-state index in [1.807, 2.05) is 6.07 Å². The first-order chi connectivity index (χ1) is 20.7. The van der Waals surface area contributed by atoms with E-state index in [1.54, 1.807) is 60.7 Å². The van der Waals surface area contributed by atoms with Gasteiger partial charge in [-0.05, 0) is 53.1 Å². The molecular weight excluding hydrogens is 560 g/mol. The van der Waals surface area contributed by atoms with E-state index in [4.69, 9.17) is 14.6 Å². The second kappa shape index (κ2) is 16.7. The van der Waals surface area contributed by atoms with Crippen LogP contribution in [-0.2, 0) is 32.1 Å². The molecule has 0 heterocycles. The largest absolute Gasteiger partial charge is 0.508 e. The summed E-state index contributed by atoms with van der Waals surface area (Å²) in [4.78, 5) is 48.8. The lowest BCUT2D eigenvalue weighted by molar-refractivity contribution is -0.137. The molecule has 0 unspecified atom stereocenters. The average Bonchev–Trinajstić information content (AvgIpc) is 3.00. The van der Waals surface area contributed by atoms with Crippen LogP contribution in [0.2, 0.25) is 0 Å². The average molecular weight is 593 g/mol. The molecule has 3 amide bonds. The van der Waals surface area contributed by atoms with Crippen LogP contribution in [0.15, 0.2) is 84.0 Å². The number of carboxylic acids is 1. The van der Waals surface area contributed by atoms with E-state index in [-0.39, 0.29) is 31.8 Å². The zero-order chi connectivity index (χ0) is 31.0. The summed E-state index contributed by atoms with van der Waals surface area (Å²) in [6.45, 7) is -0.778. The molecule has 226 valence electrons. The standard InChI is InChI=1S/C30H32N4O9/c35-18-26(33-30(41)43-19-22-4-2-1-3-5-22)28(39)32-25(16-20-6-10-23(36)11-7-20)29(40)34-31-17-21-8-12-24(13-9-21)42-15-14-27(37)38/h1-13,17,25-26,35-36H,14-16,18-19H2,(H,32,39)(H,33,41)(H,34,40)(H,37,38)/b31-17-/t25-,26-/m0/s1. The van der Waals surface area contributed by atoms with Gasteiger partial charge in [-0.3, -0.25) is 14.4 Å². The van der Waals surface area contributed by atoms with Crippen molar-refractivity contribution in [2.75, 3.05) is 13.2 Å². The first-order valence-corrected chi connectivity index (χ1v) is 13.2. The van der Waals surface area contributed by atoms with Crippen LogP contribution in [0.4, 0.5) is 4.79 Å². The van der Waals surface area contributed by atoms with Crippen molar-refractivity contribution in [2.24, 2.45) is 5.10 Å². The van der Waals surface area contributed by atoms with Crippen molar-refractivity contribution in [3.05, 3.63) is 95.6 Å². The van der Waals surface area contributed by atoms with Crippen molar-refractivity contribution >= 4 is 30.1 Å². The monoisotopic (exact) mass is 592 g/mol. The summed E-state index contributed by atoms with van der Waals surface area (Å²) < 4.78 is 10.4. The van der Waals surface area contributed by atoms with Gasteiger partial charge in [-0.25, -0.2) is 10.2 Å². The molecule has 0 saturated carbocycles. The van der Waals surface area contributed by atoms with Gasteiger partial charge in [0, 0.05) is 6.42 Å². The fourth-order valence-electron chi connectivity index (χ4n) is 3.61. The number of ether oxygens (including phenoxy) is 2. The van der Waals surface area contributed by atoms with Crippen LogP contribution < -0.4 is 20.8 Å². The SMILES string of the molecule is O=C(O)CCOc1ccc(/C=N\NC(=O)[C@H](Cc2ccc(O)cc2)NC(=O)[C@H](CO)NC(=O)OCc2ccccc2)cc1. The molecule has 13 nitrogen and oxygen atoms in total. The molecule has 0 fully saturated rings. The van der Waals surface area contributed by atoms with Gasteiger partial charge in [0.2, 0.25) is 5.91 Å². The molecule has 3 aromatic carbocycles. The number of aromatic hydroxyl groups is 1. The Bertz CT molecular complexity index is 1380. The lowest BCUT2D eigenvalue weighted by atomic mass is 10.0. The Morgan fingerprint density at radius 2 is 1.53 bits per heavy atom. The fourth-order valence-corrected chi connectivity index (χ4v) is 3.61. The van der Waals surface area contributed by atoms with Gasteiger partial charge in [-0.15, -0.1) is 0 Å². The highest BCUT2D eigenvalue weighted by atomic mass is 16.5. The summed E-state index contributed by atoms with van der Waals surface area (Å²) in [5, 5.41) is 36.7. The molecule has 0 aliphatic rings. The molecule has 0 spiro atoms. The summed E-state index contributed by atoms with van der Waals surface area (Å²) >= 11 is 0. The number of alkyl carbamates (subject to hydrolysis) is 1. The van der Waals surface area contributed by atoms with Crippen LogP contribution in [0.5, 0.6) is 11.5 Å². The number of nitrogens with zero attached hydrogens (tertiary/aromatic N) is 1. The van der Waals surface area contributed by atoms with Crippen LogP contribution >= 0.6 is 0 Å². The van der Waals surface area contributed by atoms with Gasteiger partial charge < -0.3 is 35.4 Å². The van der Waals surface area contributed by atoms with E-state index in [9.17, 15) is 29.4 Å². The van der Waals surface area contributed by atoms with E-state index in [2.05, 4.69) is 21.2 Å². The Balaban J connectivity index is 1.61. The van der Waals surface area contributed by atoms with Crippen LogP contribution in [0.1, 0.15) is 23.1 Å². The van der Waals surface area contributed by atoms with E-state index < -0.39 is 42.6 Å². The lowest BCUT2D eigenvalue weighted by Gasteiger charge is -2.21. The number of aliphatic hydroxyl groups excluding tert-OH is 1. The number of hydrazone groups is 1. The number of carbonyl (C=O) groups excluding carboxylic acids is 3. The number of hydrogen-bond donors (Lipinski definition) is 6. The van der Waals surface area contributed by atoms with Crippen molar-refractivity contribution < 1.29 is 44.0 Å². The molecule has 2 atom stereocenters. The molecular formula is C30H32N4O9. The maximum Gasteiger partial charge on any atom is 0.408 e. The third-order valence-corrected chi connectivity index (χ3v) is 5.87. The molecule has 3 aromatic rings. The molecule has 13 heteroatoms. The number of aliphatic hydroxyl groups is 1. The van der Waals surface area contributed by atoms with Gasteiger partial charge in [0.1, 0.15) is 30.2 Å². The Labute approximate surface area is 247 Å². The first kappa shape index (κ1) is 32.1. The molecule has 3 rings (SSSR count). The van der Waals surface area contributed by atoms with Crippen molar-refractivity contribution in [3.8, 4) is 11.5 Å². The number of hydrogen-bond acceptors (Lipinski definition) is 9. The highest BCUT2D eigenvalue weighted by Crippen LogP contribution is 2.13. The Morgan fingerprint density at radius 3 is 2.19 bits per heavy atom. The predicted molar refractivity (Wildman–Crippen MR) is 154 cm³/mol. The maximum atomic E-state index is 13.0. The highest BCUT2D eigenvalue weighted by molar-refractivity contribution is 5.92. The number of nitrogens with one attached hydrogen (secondary N) is 3. The molecule has 0 radical (unpaired) electrons. The molecule has 0 aromatic heterocycles. The first-order valence-electron chi connectivity index (χ1n) is 13.2. The third-order valence-electron chi connectivity index (χ3n) is 5.87. The zero-order valence-electron chi connectivity index (χ0n) is 23.0. The number of phenols is 1. The number of benzene rings is 3. The number of carboxylic acid groups (broad SMARTS) is 1. The minimum Gasteiger partial charge on any atom is -0.508 e. The molecule has 0 bridgehead atoms. The highest BCUT2D eigenvalue weighted by Gasteiger charge is 2.27. The molecule has 0 saturated heterocycles. The number of aliphatic carboxylic acids is 1. The number of phenolic OH excluding ortho intramolecular Hbond substituents is 1. The van der Waals surface area contributed by atoms with Gasteiger partial charge in [-0.2, -0.15) is 5.10 Å². The molecule has 43 heavy (non-hydrogen) atoms. The zero-order valence-corrected chi connectivity index (χ0v) is 23.0. The van der Waals surface area contributed by atoms with Crippen LogP contribution in [0.25, 0.3) is 0 Å². The van der Waals surface area contributed by atoms with Gasteiger partial charge in [0.15, 0.2) is 0 Å². The van der Waals surface area contributed by atoms with E-state index in [1.165, 1.54) is 18.3 Å². The Morgan fingerprint density at radius 1 is 0.837 bits per heavy atom. The summed E-state index contributed by atoms with van der Waals surface area (Å²) in [5.74, 6) is -2.00.